The number of rotatable bonds is 6. The SMILES string of the molecule is N#CC1C2CN(C(=O)C3(N)CC3)CC12c1ccc(-c2ccc(N3C[C@H](Cn4ccnn4)OC3=O)cc2F)cn1. The molecule has 3 unspecified atom stereocenters. The second kappa shape index (κ2) is 8.31. The number of carbonyl (C=O) groups excluding carboxylic acids is 2. The van der Waals surface area contributed by atoms with E-state index in [0.29, 0.717) is 49.3 Å². The van der Waals surface area contributed by atoms with Crippen LogP contribution in [-0.4, -0.2) is 68.2 Å². The van der Waals surface area contributed by atoms with Crippen molar-refractivity contribution in [3.05, 3.63) is 60.4 Å². The fourth-order valence-electron chi connectivity index (χ4n) is 6.17. The summed E-state index contributed by atoms with van der Waals surface area (Å²) in [6.45, 7) is 1.55. The van der Waals surface area contributed by atoms with Crippen LogP contribution >= 0.6 is 0 Å². The van der Waals surface area contributed by atoms with Crippen molar-refractivity contribution < 1.29 is 18.7 Å². The molecule has 3 aromatic rings. The zero-order valence-electron chi connectivity index (χ0n) is 20.9. The normalized spacial score (nSPS) is 28.1. The number of ether oxygens (including phenoxy) is 1. The maximum Gasteiger partial charge on any atom is 0.414 e. The van der Waals surface area contributed by atoms with Crippen LogP contribution in [0.25, 0.3) is 11.1 Å². The fraction of sp³-hybridized carbons (Fsp3) is 0.407. The Kier molecular flexibility index (Phi) is 5.06. The number of pyridine rings is 1. The van der Waals surface area contributed by atoms with Crippen molar-refractivity contribution in [3.8, 4) is 17.2 Å². The van der Waals surface area contributed by atoms with E-state index in [4.69, 9.17) is 10.5 Å². The van der Waals surface area contributed by atoms with Gasteiger partial charge in [0, 0.05) is 42.5 Å². The fourth-order valence-corrected chi connectivity index (χ4v) is 6.17. The highest BCUT2D eigenvalue weighted by Gasteiger charge is 2.72. The molecule has 4 aliphatic rings. The van der Waals surface area contributed by atoms with Crippen LogP contribution in [0.2, 0.25) is 0 Å². The number of cyclic esters (lactones) is 1. The summed E-state index contributed by atoms with van der Waals surface area (Å²) in [7, 11) is 0. The number of likely N-dealkylation sites (tertiary alicyclic amines) is 1. The number of benzene rings is 1. The first-order valence-electron chi connectivity index (χ1n) is 12.9. The summed E-state index contributed by atoms with van der Waals surface area (Å²) in [6.07, 6.45) is 5.24. The number of fused-ring (bicyclic) bond motifs is 1. The van der Waals surface area contributed by atoms with Gasteiger partial charge in [-0.25, -0.2) is 13.9 Å². The molecule has 12 heteroatoms. The molecule has 1 aromatic carbocycles. The van der Waals surface area contributed by atoms with Gasteiger partial charge in [0.2, 0.25) is 5.91 Å². The second-order valence-corrected chi connectivity index (χ2v) is 10.9. The van der Waals surface area contributed by atoms with Crippen molar-refractivity contribution in [3.63, 3.8) is 0 Å². The first kappa shape index (κ1) is 23.7. The van der Waals surface area contributed by atoms with E-state index >= 15 is 4.39 Å². The van der Waals surface area contributed by atoms with Gasteiger partial charge in [0.15, 0.2) is 0 Å². The number of nitriles is 1. The van der Waals surface area contributed by atoms with Crippen LogP contribution in [0, 0.1) is 29.0 Å². The van der Waals surface area contributed by atoms with Crippen LogP contribution in [0.15, 0.2) is 48.9 Å². The number of nitrogens with zero attached hydrogens (tertiary/aromatic N) is 7. The molecule has 4 fully saturated rings. The molecular weight excluding hydrogens is 503 g/mol. The Bertz CT molecular complexity index is 1520. The molecule has 4 heterocycles. The van der Waals surface area contributed by atoms with Gasteiger partial charge in [-0.3, -0.25) is 14.7 Å². The molecule has 4 atom stereocenters. The van der Waals surface area contributed by atoms with Crippen molar-refractivity contribution in [1.29, 1.82) is 5.26 Å². The number of halogens is 1. The molecule has 39 heavy (non-hydrogen) atoms. The number of nitrogens with two attached hydrogens (primary N) is 1. The molecule has 2 saturated heterocycles. The quantitative estimate of drug-likeness (QED) is 0.511. The molecule has 11 nitrogen and oxygen atoms in total. The van der Waals surface area contributed by atoms with Crippen LogP contribution in [-0.2, 0) is 21.5 Å². The third-order valence-corrected chi connectivity index (χ3v) is 8.57. The van der Waals surface area contributed by atoms with E-state index in [-0.39, 0.29) is 24.3 Å². The van der Waals surface area contributed by atoms with Crippen LogP contribution in [0.3, 0.4) is 0 Å². The van der Waals surface area contributed by atoms with Gasteiger partial charge in [0.1, 0.15) is 11.9 Å². The number of hydrogen-bond donors (Lipinski definition) is 1. The summed E-state index contributed by atoms with van der Waals surface area (Å²) in [6, 6.07) is 10.6. The molecule has 7 rings (SSSR count). The van der Waals surface area contributed by atoms with Crippen molar-refractivity contribution >= 4 is 17.7 Å². The van der Waals surface area contributed by atoms with Gasteiger partial charge in [0.05, 0.1) is 53.6 Å². The van der Waals surface area contributed by atoms with Crippen LogP contribution in [0.5, 0.6) is 0 Å². The maximum absolute atomic E-state index is 15.3. The van der Waals surface area contributed by atoms with Gasteiger partial charge in [-0.2, -0.15) is 5.26 Å². The summed E-state index contributed by atoms with van der Waals surface area (Å²) in [5.41, 5.74) is 6.92. The highest BCUT2D eigenvalue weighted by Crippen LogP contribution is 2.63. The summed E-state index contributed by atoms with van der Waals surface area (Å²) in [5.74, 6) is -0.729. The molecule has 2 aromatic heterocycles. The third-order valence-electron chi connectivity index (χ3n) is 8.57. The van der Waals surface area contributed by atoms with Gasteiger partial charge in [-0.15, -0.1) is 5.10 Å². The Morgan fingerprint density at radius 3 is 2.77 bits per heavy atom. The third kappa shape index (κ3) is 3.68. The van der Waals surface area contributed by atoms with E-state index in [9.17, 15) is 14.9 Å². The molecule has 2 amide bonds. The lowest BCUT2D eigenvalue weighted by molar-refractivity contribution is -0.133. The average molecular weight is 529 g/mol. The van der Waals surface area contributed by atoms with E-state index in [0.717, 1.165) is 5.69 Å². The molecule has 2 N–H and O–H groups in total. The van der Waals surface area contributed by atoms with E-state index in [1.165, 1.54) is 11.0 Å². The zero-order chi connectivity index (χ0) is 26.9. The van der Waals surface area contributed by atoms with Gasteiger partial charge < -0.3 is 15.4 Å². The standard InChI is InChI=1S/C27H25FN8O3/c28-22-9-17(36-13-18(39-25(36)38)12-35-8-7-32-33-35)2-3-19(22)16-1-4-23(31-11-16)27-15-34(14-21(27)20(27)10-29)24(37)26(30)5-6-26/h1-4,7-9,11,18,20-21H,5-6,12-15,30H2/t18-,20?,21?,27?/m0/s1. The molecule has 0 spiro atoms. The predicted octanol–water partition coefficient (Wildman–Crippen LogP) is 1.85. The minimum atomic E-state index is -0.745. The zero-order valence-corrected chi connectivity index (χ0v) is 20.9. The van der Waals surface area contributed by atoms with E-state index in [1.54, 1.807) is 46.4 Å². The van der Waals surface area contributed by atoms with E-state index < -0.39 is 29.0 Å². The molecule has 0 radical (unpaired) electrons. The van der Waals surface area contributed by atoms with Gasteiger partial charge >= 0.3 is 6.09 Å². The number of aromatic nitrogens is 4. The lowest BCUT2D eigenvalue weighted by Crippen LogP contribution is -2.46. The maximum atomic E-state index is 15.3. The summed E-state index contributed by atoms with van der Waals surface area (Å²) < 4.78 is 22.2. The van der Waals surface area contributed by atoms with Gasteiger partial charge in [0.25, 0.3) is 0 Å². The minimum Gasteiger partial charge on any atom is -0.442 e. The monoisotopic (exact) mass is 528 g/mol. The smallest absolute Gasteiger partial charge is 0.414 e. The van der Waals surface area contributed by atoms with Gasteiger partial charge in [-0.05, 0) is 37.1 Å². The van der Waals surface area contributed by atoms with Crippen molar-refractivity contribution in [2.24, 2.45) is 17.6 Å². The summed E-state index contributed by atoms with van der Waals surface area (Å²) >= 11 is 0. The molecule has 0 bridgehead atoms. The largest absolute Gasteiger partial charge is 0.442 e. The number of amides is 2. The van der Waals surface area contributed by atoms with Gasteiger partial charge in [-0.1, -0.05) is 11.3 Å². The number of piperidine rings is 1. The van der Waals surface area contributed by atoms with Crippen molar-refractivity contribution in [2.45, 2.75) is 36.4 Å². The Hall–Kier alpha value is -4.37. The predicted molar refractivity (Wildman–Crippen MR) is 134 cm³/mol. The van der Waals surface area contributed by atoms with Crippen LogP contribution in [0.4, 0.5) is 14.9 Å². The number of anilines is 1. The van der Waals surface area contributed by atoms with Crippen LogP contribution < -0.4 is 10.6 Å². The molecular formula is C27H25FN8O3. The molecule has 2 saturated carbocycles. The summed E-state index contributed by atoms with van der Waals surface area (Å²) in [4.78, 5) is 33.0. The second-order valence-electron chi connectivity index (χ2n) is 10.9. The molecule has 198 valence electrons. The lowest BCUT2D eigenvalue weighted by Gasteiger charge is -2.25. The lowest BCUT2D eigenvalue weighted by atomic mass is 9.96. The average Bonchev–Trinajstić information content (AvgIpc) is 3.51. The molecule has 2 aliphatic carbocycles. The Morgan fingerprint density at radius 2 is 2.10 bits per heavy atom. The van der Waals surface area contributed by atoms with Crippen molar-refractivity contribution in [2.75, 3.05) is 24.5 Å². The molecule has 2 aliphatic heterocycles. The highest BCUT2D eigenvalue weighted by atomic mass is 19.1. The Morgan fingerprint density at radius 1 is 1.26 bits per heavy atom. The van der Waals surface area contributed by atoms with E-state index in [2.05, 4.69) is 21.4 Å². The Balaban J connectivity index is 1.08. The van der Waals surface area contributed by atoms with Crippen LogP contribution in [0.1, 0.15) is 18.5 Å². The number of carbonyl (C=O) groups is 2. The minimum absolute atomic E-state index is 0.0248. The highest BCUT2D eigenvalue weighted by molar-refractivity contribution is 5.90. The van der Waals surface area contributed by atoms with E-state index in [1.807, 2.05) is 6.07 Å². The Labute approximate surface area is 223 Å². The first-order valence-corrected chi connectivity index (χ1v) is 12.9. The number of hydrogen-bond acceptors (Lipinski definition) is 8. The summed E-state index contributed by atoms with van der Waals surface area (Å²) in [5, 5.41) is 17.3. The van der Waals surface area contributed by atoms with Crippen molar-refractivity contribution in [1.82, 2.24) is 24.9 Å². The first-order chi connectivity index (χ1) is 18.8. The topological polar surface area (TPSA) is 143 Å².